The molecule has 2 bridgehead atoms. The number of phenolic OH excluding ortho intramolecular Hbond substituents is 1. The highest BCUT2D eigenvalue weighted by molar-refractivity contribution is 6.00. The number of carbonyl (C=O) groups is 1. The number of likely N-dealkylation sites (tertiary alicyclic amines) is 1. The quantitative estimate of drug-likeness (QED) is 0.263. The summed E-state index contributed by atoms with van der Waals surface area (Å²) in [5.41, 5.74) is 10.7. The van der Waals surface area contributed by atoms with Crippen LogP contribution in [0.4, 0.5) is 4.39 Å². The molecular formula is C34H35FN6O4. The van der Waals surface area contributed by atoms with Crippen LogP contribution in [0.3, 0.4) is 0 Å². The lowest BCUT2D eigenvalue weighted by atomic mass is 10.1. The van der Waals surface area contributed by atoms with E-state index in [-0.39, 0.29) is 35.1 Å². The van der Waals surface area contributed by atoms with Crippen molar-refractivity contribution in [3.8, 4) is 40.0 Å². The lowest BCUT2D eigenvalue weighted by molar-refractivity contribution is 0.0700. The standard InChI is InChI=1S/C34H35FN6O4/c1-39-31-24(10-20(12-29(31)45-3)34(43)41-16-19-7-9-25(41)30(19)36)38-33(39)26-11-18-6-8-23(37-32(18)40(26)15-17-4-5-17)21-13-28(44-2)27(42)14-22(21)35/h6,8,10-14,17,19,25,30,42H,4-5,7,9,15-16,36H2,1-3H3. The fraction of sp³-hybridized carbons (Fsp3) is 0.382. The van der Waals surface area contributed by atoms with E-state index < -0.39 is 5.82 Å². The Morgan fingerprint density at radius 3 is 2.53 bits per heavy atom. The van der Waals surface area contributed by atoms with Crippen LogP contribution in [-0.4, -0.2) is 67.9 Å². The van der Waals surface area contributed by atoms with E-state index in [2.05, 4.69) is 10.6 Å². The normalized spacial score (nSPS) is 20.9. The second-order valence-electron chi connectivity index (χ2n) is 12.7. The van der Waals surface area contributed by atoms with Crippen LogP contribution in [0.1, 0.15) is 36.0 Å². The van der Waals surface area contributed by atoms with Crippen LogP contribution >= 0.6 is 0 Å². The molecule has 4 heterocycles. The minimum absolute atomic E-state index is 0.0381. The van der Waals surface area contributed by atoms with Crippen LogP contribution in [0.25, 0.3) is 44.8 Å². The average molecular weight is 611 g/mol. The van der Waals surface area contributed by atoms with Crippen molar-refractivity contribution in [1.82, 2.24) is 24.0 Å². The Labute approximate surface area is 259 Å². The Hall–Kier alpha value is -4.64. The van der Waals surface area contributed by atoms with Crippen molar-refractivity contribution < 1.29 is 23.8 Å². The van der Waals surface area contributed by atoms with Crippen molar-refractivity contribution in [2.45, 2.75) is 44.3 Å². The van der Waals surface area contributed by atoms with E-state index in [0.717, 1.165) is 60.5 Å². The predicted molar refractivity (Wildman–Crippen MR) is 168 cm³/mol. The first-order valence-electron chi connectivity index (χ1n) is 15.4. The maximum absolute atomic E-state index is 15.0. The van der Waals surface area contributed by atoms with Gasteiger partial charge >= 0.3 is 0 Å². The van der Waals surface area contributed by atoms with E-state index in [1.54, 1.807) is 13.2 Å². The lowest BCUT2D eigenvalue weighted by Crippen LogP contribution is -2.41. The number of aromatic hydroxyl groups is 1. The molecule has 8 rings (SSSR count). The number of amides is 1. The summed E-state index contributed by atoms with van der Waals surface area (Å²) in [5.74, 6) is 1.46. The van der Waals surface area contributed by atoms with Crippen LogP contribution < -0.4 is 15.2 Å². The molecule has 11 heteroatoms. The summed E-state index contributed by atoms with van der Waals surface area (Å²) in [5, 5.41) is 10.9. The van der Waals surface area contributed by atoms with Gasteiger partial charge in [0.1, 0.15) is 22.7 Å². The largest absolute Gasteiger partial charge is 0.504 e. The molecular weight excluding hydrogens is 575 g/mol. The van der Waals surface area contributed by atoms with E-state index in [1.807, 2.05) is 34.7 Å². The summed E-state index contributed by atoms with van der Waals surface area (Å²) >= 11 is 0. The molecule has 3 aliphatic rings. The van der Waals surface area contributed by atoms with Gasteiger partial charge in [-0.2, -0.15) is 0 Å². The molecule has 232 valence electrons. The van der Waals surface area contributed by atoms with Crippen molar-refractivity contribution >= 4 is 28.0 Å². The summed E-state index contributed by atoms with van der Waals surface area (Å²) < 4.78 is 30.2. The van der Waals surface area contributed by atoms with E-state index in [9.17, 15) is 9.90 Å². The molecule has 2 aromatic carbocycles. The maximum atomic E-state index is 15.0. The molecule has 2 saturated carbocycles. The van der Waals surface area contributed by atoms with Gasteiger partial charge in [0.25, 0.3) is 5.91 Å². The van der Waals surface area contributed by atoms with Gasteiger partial charge in [-0.1, -0.05) is 0 Å². The zero-order valence-corrected chi connectivity index (χ0v) is 25.5. The Balaban J connectivity index is 1.24. The highest BCUT2D eigenvalue weighted by Crippen LogP contribution is 2.41. The van der Waals surface area contributed by atoms with Gasteiger partial charge in [-0.15, -0.1) is 0 Å². The molecule has 1 saturated heterocycles. The zero-order valence-electron chi connectivity index (χ0n) is 25.5. The predicted octanol–water partition coefficient (Wildman–Crippen LogP) is 5.09. The smallest absolute Gasteiger partial charge is 0.254 e. The number of methoxy groups -OCH3 is 2. The third-order valence-corrected chi connectivity index (χ3v) is 9.97. The van der Waals surface area contributed by atoms with Gasteiger partial charge in [0.05, 0.1) is 31.1 Å². The number of phenols is 1. The van der Waals surface area contributed by atoms with E-state index in [4.69, 9.17) is 25.2 Å². The number of ether oxygens (including phenoxy) is 2. The number of rotatable bonds is 7. The Bertz CT molecular complexity index is 2010. The SMILES string of the molecule is COc1cc(-c2ccc3cc(-c4nc5cc(C(=O)N6CC7CCC6C7N)cc(OC)c5n4C)n(CC4CC4)c3n2)c(F)cc1O. The Morgan fingerprint density at radius 1 is 1.04 bits per heavy atom. The number of carbonyl (C=O) groups excluding carboxylic acids is 1. The topological polar surface area (TPSA) is 121 Å². The summed E-state index contributed by atoms with van der Waals surface area (Å²) in [7, 11) is 4.98. The number of imidazole rings is 1. The van der Waals surface area contributed by atoms with Gasteiger partial charge in [0, 0.05) is 54.8 Å². The van der Waals surface area contributed by atoms with Gasteiger partial charge in [-0.05, 0) is 73.9 Å². The molecule has 3 fully saturated rings. The molecule has 1 aliphatic heterocycles. The molecule has 3 aromatic heterocycles. The first kappa shape index (κ1) is 27.9. The Kier molecular flexibility index (Phi) is 6.32. The number of halogens is 1. The average Bonchev–Trinajstić information content (AvgIpc) is 3.44. The van der Waals surface area contributed by atoms with Crippen LogP contribution in [0.15, 0.2) is 42.5 Å². The molecule has 10 nitrogen and oxygen atoms in total. The van der Waals surface area contributed by atoms with Crippen LogP contribution in [-0.2, 0) is 13.6 Å². The first-order valence-corrected chi connectivity index (χ1v) is 15.4. The second kappa shape index (κ2) is 10.2. The molecule has 0 spiro atoms. The number of hydrogen-bond donors (Lipinski definition) is 2. The van der Waals surface area contributed by atoms with Crippen molar-refractivity contribution in [3.63, 3.8) is 0 Å². The third-order valence-electron chi connectivity index (χ3n) is 9.97. The fourth-order valence-corrected chi connectivity index (χ4v) is 7.38. The number of nitrogens with two attached hydrogens (primary N) is 1. The van der Waals surface area contributed by atoms with Gasteiger partial charge in [-0.25, -0.2) is 14.4 Å². The molecule has 3 unspecified atom stereocenters. The van der Waals surface area contributed by atoms with E-state index in [0.29, 0.717) is 46.7 Å². The monoisotopic (exact) mass is 610 g/mol. The molecule has 3 atom stereocenters. The zero-order chi connectivity index (χ0) is 31.1. The number of fused-ring (bicyclic) bond motifs is 4. The fourth-order valence-electron chi connectivity index (χ4n) is 7.38. The number of benzene rings is 2. The number of pyridine rings is 1. The highest BCUT2D eigenvalue weighted by atomic mass is 19.1. The molecule has 2 aliphatic carbocycles. The van der Waals surface area contributed by atoms with Crippen molar-refractivity contribution in [2.24, 2.45) is 24.6 Å². The summed E-state index contributed by atoms with van der Waals surface area (Å²) in [6.45, 7) is 1.44. The van der Waals surface area contributed by atoms with E-state index >= 15 is 4.39 Å². The lowest BCUT2D eigenvalue weighted by Gasteiger charge is -2.27. The first-order chi connectivity index (χ1) is 21.7. The van der Waals surface area contributed by atoms with Gasteiger partial charge in [0.2, 0.25) is 0 Å². The number of aryl methyl sites for hydroxylation is 1. The second-order valence-corrected chi connectivity index (χ2v) is 12.7. The third kappa shape index (κ3) is 4.35. The molecule has 3 N–H and O–H groups in total. The van der Waals surface area contributed by atoms with Gasteiger partial charge in [-0.3, -0.25) is 4.79 Å². The number of hydrogen-bond acceptors (Lipinski definition) is 7. The van der Waals surface area contributed by atoms with Crippen molar-refractivity contribution in [1.29, 1.82) is 0 Å². The molecule has 45 heavy (non-hydrogen) atoms. The molecule has 0 radical (unpaired) electrons. The van der Waals surface area contributed by atoms with Crippen molar-refractivity contribution in [3.05, 3.63) is 53.8 Å². The minimum atomic E-state index is -0.586. The van der Waals surface area contributed by atoms with Gasteiger partial charge in [0.15, 0.2) is 17.3 Å². The summed E-state index contributed by atoms with van der Waals surface area (Å²) in [6.07, 6.45) is 4.28. The van der Waals surface area contributed by atoms with Crippen molar-refractivity contribution in [2.75, 3.05) is 20.8 Å². The summed E-state index contributed by atoms with van der Waals surface area (Å²) in [6, 6.07) is 12.0. The molecule has 5 aromatic rings. The Morgan fingerprint density at radius 2 is 1.84 bits per heavy atom. The van der Waals surface area contributed by atoms with E-state index in [1.165, 1.54) is 13.2 Å². The molecule has 1 amide bonds. The highest BCUT2D eigenvalue weighted by Gasteiger charge is 2.47. The van der Waals surface area contributed by atoms with Gasteiger partial charge < -0.3 is 34.3 Å². The van der Waals surface area contributed by atoms with Crippen LogP contribution in [0.5, 0.6) is 17.2 Å². The van der Waals surface area contributed by atoms with Crippen LogP contribution in [0.2, 0.25) is 0 Å². The number of nitrogens with zero attached hydrogens (tertiary/aromatic N) is 5. The number of aromatic nitrogens is 4. The van der Waals surface area contributed by atoms with Crippen LogP contribution in [0, 0.1) is 17.7 Å². The maximum Gasteiger partial charge on any atom is 0.254 e. The minimum Gasteiger partial charge on any atom is -0.504 e. The summed E-state index contributed by atoms with van der Waals surface area (Å²) in [4.78, 5) is 25.6. The number of piperidine rings is 1.